The molecular formula is C34H40N4O5S. The van der Waals surface area contributed by atoms with Gasteiger partial charge in [-0.3, -0.25) is 14.7 Å². The van der Waals surface area contributed by atoms with Crippen molar-refractivity contribution >= 4 is 33.5 Å². The van der Waals surface area contributed by atoms with Gasteiger partial charge in [0.1, 0.15) is 11.4 Å². The van der Waals surface area contributed by atoms with Crippen molar-refractivity contribution < 1.29 is 22.7 Å². The Balaban J connectivity index is 1.44. The van der Waals surface area contributed by atoms with E-state index in [0.717, 1.165) is 61.9 Å². The smallest absolute Gasteiger partial charge is 0.333 e. The van der Waals surface area contributed by atoms with Gasteiger partial charge in [-0.05, 0) is 61.1 Å². The van der Waals surface area contributed by atoms with Crippen LogP contribution in [-0.4, -0.2) is 43.2 Å². The zero-order chi connectivity index (χ0) is 31.2. The minimum Gasteiger partial charge on any atom is -0.377 e. The van der Waals surface area contributed by atoms with Crippen LogP contribution in [0.4, 0.5) is 10.5 Å². The number of hydrogen-bond donors (Lipinski definition) is 2. The molecule has 2 aliphatic rings. The largest absolute Gasteiger partial charge is 0.377 e. The van der Waals surface area contributed by atoms with Gasteiger partial charge in [-0.15, -0.1) is 0 Å². The fourth-order valence-corrected chi connectivity index (χ4v) is 7.13. The highest BCUT2D eigenvalue weighted by atomic mass is 32.2. The normalized spacial score (nSPS) is 15.9. The second-order valence-electron chi connectivity index (χ2n) is 11.3. The standard InChI is InChI=1S/C34H40N4O5S/c1-3-5-17-31-36-34(20-11-12-21-34)32(39)38(31)23-25-18-19-28(26(22-25)24-43-4-2)29-15-9-10-16-30(29)44(41,42)37-33(40)35-27-13-7-6-8-14-27/h6-10,13-16,18-19,22H,3-5,11-12,17,20-21,23-24H2,1-2H3,(H2,35,37,40). The van der Waals surface area contributed by atoms with Crippen LogP contribution >= 0.6 is 0 Å². The molecule has 0 atom stereocenters. The average Bonchev–Trinajstić information content (AvgIpc) is 3.59. The predicted molar refractivity (Wildman–Crippen MR) is 172 cm³/mol. The molecule has 44 heavy (non-hydrogen) atoms. The number of ether oxygens (including phenoxy) is 1. The molecule has 5 rings (SSSR count). The molecule has 1 aliphatic heterocycles. The molecule has 9 nitrogen and oxygen atoms in total. The van der Waals surface area contributed by atoms with E-state index in [2.05, 4.69) is 17.0 Å². The number of nitrogens with zero attached hydrogens (tertiary/aromatic N) is 2. The van der Waals surface area contributed by atoms with E-state index in [9.17, 15) is 18.0 Å². The summed E-state index contributed by atoms with van der Waals surface area (Å²) in [6, 6.07) is 20.1. The fraction of sp³-hybridized carbons (Fsp3) is 0.382. The van der Waals surface area contributed by atoms with E-state index in [0.29, 0.717) is 30.0 Å². The molecule has 0 unspecified atom stereocenters. The van der Waals surface area contributed by atoms with Crippen molar-refractivity contribution in [3.8, 4) is 11.1 Å². The Hall–Kier alpha value is -4.02. The summed E-state index contributed by atoms with van der Waals surface area (Å²) in [6.45, 7) is 5.16. The molecular weight excluding hydrogens is 576 g/mol. The van der Waals surface area contributed by atoms with Gasteiger partial charge < -0.3 is 10.1 Å². The van der Waals surface area contributed by atoms with E-state index in [1.807, 2.05) is 30.0 Å². The predicted octanol–water partition coefficient (Wildman–Crippen LogP) is 6.64. The Bertz CT molecular complexity index is 1630. The van der Waals surface area contributed by atoms with Gasteiger partial charge >= 0.3 is 6.03 Å². The van der Waals surface area contributed by atoms with Gasteiger partial charge in [0.05, 0.1) is 18.0 Å². The van der Waals surface area contributed by atoms with Gasteiger partial charge in [0.15, 0.2) is 0 Å². The van der Waals surface area contributed by atoms with Gasteiger partial charge in [-0.1, -0.05) is 80.8 Å². The molecule has 0 saturated heterocycles. The number of benzene rings is 3. The molecule has 3 aromatic rings. The number of amides is 3. The molecule has 2 N–H and O–H groups in total. The summed E-state index contributed by atoms with van der Waals surface area (Å²) in [4.78, 5) is 33.1. The number of unbranched alkanes of at least 4 members (excludes halogenated alkanes) is 1. The lowest BCUT2D eigenvalue weighted by atomic mass is 9.96. The molecule has 1 spiro atoms. The molecule has 3 aromatic carbocycles. The SMILES string of the molecule is CCCCC1=NC2(CCCC2)C(=O)N1Cc1ccc(-c2ccccc2S(=O)(=O)NC(=O)Nc2ccccc2)c(COCC)c1. The molecule has 0 aromatic heterocycles. The second-order valence-corrected chi connectivity index (χ2v) is 13.0. The van der Waals surface area contributed by atoms with Crippen molar-refractivity contribution in [3.05, 3.63) is 83.9 Å². The van der Waals surface area contributed by atoms with Crippen LogP contribution in [0.5, 0.6) is 0 Å². The van der Waals surface area contributed by atoms with Crippen LogP contribution in [0.3, 0.4) is 0 Å². The van der Waals surface area contributed by atoms with Crippen LogP contribution in [0.15, 0.2) is 82.7 Å². The van der Waals surface area contributed by atoms with Crippen LogP contribution in [-0.2, 0) is 32.7 Å². The van der Waals surface area contributed by atoms with Crippen molar-refractivity contribution in [1.82, 2.24) is 9.62 Å². The summed E-state index contributed by atoms with van der Waals surface area (Å²) in [5, 5.41) is 2.55. The number of hydrogen-bond acceptors (Lipinski definition) is 6. The average molecular weight is 617 g/mol. The van der Waals surface area contributed by atoms with Crippen molar-refractivity contribution in [1.29, 1.82) is 0 Å². The number of nitrogens with one attached hydrogen (secondary N) is 2. The summed E-state index contributed by atoms with van der Waals surface area (Å²) in [7, 11) is -4.23. The van der Waals surface area contributed by atoms with Gasteiger partial charge in [0.2, 0.25) is 0 Å². The first-order valence-electron chi connectivity index (χ1n) is 15.3. The fourth-order valence-electron chi connectivity index (χ4n) is 6.00. The monoisotopic (exact) mass is 616 g/mol. The first-order valence-corrected chi connectivity index (χ1v) is 16.8. The number of rotatable bonds is 12. The number of amidine groups is 1. The first kappa shape index (κ1) is 31.4. The third-order valence-electron chi connectivity index (χ3n) is 8.18. The lowest BCUT2D eigenvalue weighted by molar-refractivity contribution is -0.131. The Kier molecular flexibility index (Phi) is 9.80. The summed E-state index contributed by atoms with van der Waals surface area (Å²) >= 11 is 0. The minimum absolute atomic E-state index is 0.0272. The van der Waals surface area contributed by atoms with Crippen LogP contribution in [0.2, 0.25) is 0 Å². The minimum atomic E-state index is -4.23. The molecule has 1 aliphatic carbocycles. The van der Waals surface area contributed by atoms with Gasteiger partial charge in [-0.25, -0.2) is 17.9 Å². The van der Waals surface area contributed by atoms with Crippen molar-refractivity contribution in [3.63, 3.8) is 0 Å². The Morgan fingerprint density at radius 3 is 2.43 bits per heavy atom. The number of urea groups is 1. The van der Waals surface area contributed by atoms with Crippen molar-refractivity contribution in [2.45, 2.75) is 82.4 Å². The molecule has 10 heteroatoms. The maximum atomic E-state index is 13.7. The zero-order valence-electron chi connectivity index (χ0n) is 25.3. The van der Waals surface area contributed by atoms with Crippen LogP contribution in [0.1, 0.15) is 69.9 Å². The summed E-state index contributed by atoms with van der Waals surface area (Å²) < 4.78 is 34.9. The first-order chi connectivity index (χ1) is 21.3. The van der Waals surface area contributed by atoms with E-state index in [1.165, 1.54) is 6.07 Å². The molecule has 3 amide bonds. The second kappa shape index (κ2) is 13.7. The van der Waals surface area contributed by atoms with E-state index in [1.54, 1.807) is 48.5 Å². The van der Waals surface area contributed by atoms with Crippen molar-refractivity contribution in [2.24, 2.45) is 4.99 Å². The van der Waals surface area contributed by atoms with Gasteiger partial charge in [0.25, 0.3) is 15.9 Å². The highest BCUT2D eigenvalue weighted by Crippen LogP contribution is 2.40. The van der Waals surface area contributed by atoms with E-state index >= 15 is 0 Å². The maximum Gasteiger partial charge on any atom is 0.333 e. The molecule has 1 heterocycles. The lowest BCUT2D eigenvalue weighted by Gasteiger charge is -2.23. The van der Waals surface area contributed by atoms with E-state index in [4.69, 9.17) is 9.73 Å². The third-order valence-corrected chi connectivity index (χ3v) is 9.57. The zero-order valence-corrected chi connectivity index (χ0v) is 26.2. The van der Waals surface area contributed by atoms with Gasteiger partial charge in [0, 0.05) is 24.3 Å². The van der Waals surface area contributed by atoms with Crippen LogP contribution < -0.4 is 10.0 Å². The summed E-state index contributed by atoms with van der Waals surface area (Å²) in [5.74, 6) is 0.957. The lowest BCUT2D eigenvalue weighted by Crippen LogP contribution is -2.40. The Morgan fingerprint density at radius 1 is 0.977 bits per heavy atom. The number of carbonyl (C=O) groups excluding carboxylic acids is 2. The van der Waals surface area contributed by atoms with Gasteiger partial charge in [-0.2, -0.15) is 0 Å². The molecule has 1 saturated carbocycles. The van der Waals surface area contributed by atoms with E-state index in [-0.39, 0.29) is 17.4 Å². The number of anilines is 1. The maximum absolute atomic E-state index is 13.7. The number of carbonyl (C=O) groups is 2. The summed E-state index contributed by atoms with van der Waals surface area (Å²) in [5.41, 5.74) is 2.69. The Morgan fingerprint density at radius 2 is 1.70 bits per heavy atom. The van der Waals surface area contributed by atoms with Crippen molar-refractivity contribution in [2.75, 3.05) is 11.9 Å². The molecule has 0 bridgehead atoms. The Labute approximate surface area is 259 Å². The number of para-hydroxylation sites is 1. The number of sulfonamides is 1. The van der Waals surface area contributed by atoms with Crippen LogP contribution in [0, 0.1) is 0 Å². The molecule has 232 valence electrons. The quantitative estimate of drug-likeness (QED) is 0.237. The third kappa shape index (κ3) is 6.87. The van der Waals surface area contributed by atoms with Crippen LogP contribution in [0.25, 0.3) is 11.1 Å². The highest BCUT2D eigenvalue weighted by molar-refractivity contribution is 7.90. The highest BCUT2D eigenvalue weighted by Gasteiger charge is 2.49. The molecule has 1 fully saturated rings. The topological polar surface area (TPSA) is 117 Å². The number of aliphatic imine (C=N–C) groups is 1. The van der Waals surface area contributed by atoms with E-state index < -0.39 is 21.6 Å². The summed E-state index contributed by atoms with van der Waals surface area (Å²) in [6.07, 6.45) is 6.39. The molecule has 0 radical (unpaired) electrons.